The fraction of sp³-hybridized carbons (Fsp3) is 0.167. The first-order valence-electron chi connectivity index (χ1n) is 5.40. The van der Waals surface area contributed by atoms with E-state index in [1.54, 1.807) is 6.92 Å². The van der Waals surface area contributed by atoms with E-state index < -0.39 is 10.9 Å². The quantitative estimate of drug-likeness (QED) is 0.668. The zero-order valence-electron chi connectivity index (χ0n) is 9.99. The predicted molar refractivity (Wildman–Crippen MR) is 64.7 cm³/mol. The second-order valence-corrected chi connectivity index (χ2v) is 3.90. The summed E-state index contributed by atoms with van der Waals surface area (Å²) < 4.78 is 5.36. The van der Waals surface area contributed by atoms with Crippen molar-refractivity contribution in [3.8, 4) is 11.5 Å². The molecule has 0 radical (unpaired) electrons. The van der Waals surface area contributed by atoms with Gasteiger partial charge in [-0.3, -0.25) is 14.9 Å². The summed E-state index contributed by atoms with van der Waals surface area (Å²) >= 11 is 0. The maximum Gasteiger partial charge on any atom is 0.309 e. The SMILES string of the molecule is Cc1oc(-c2ccc([N+](=O)[O-])cc2)nc1CC(=O)O. The summed E-state index contributed by atoms with van der Waals surface area (Å²) in [5.41, 5.74) is 0.879. The van der Waals surface area contributed by atoms with Crippen molar-refractivity contribution in [1.29, 1.82) is 0 Å². The molecule has 2 rings (SSSR count). The lowest BCUT2D eigenvalue weighted by Gasteiger charge is -1.94. The maximum atomic E-state index is 10.6. The molecule has 1 aromatic carbocycles. The van der Waals surface area contributed by atoms with Gasteiger partial charge < -0.3 is 9.52 Å². The van der Waals surface area contributed by atoms with Gasteiger partial charge in [-0.25, -0.2) is 4.98 Å². The summed E-state index contributed by atoms with van der Waals surface area (Å²) in [6.07, 6.45) is -0.220. The van der Waals surface area contributed by atoms with Gasteiger partial charge in [0.05, 0.1) is 17.0 Å². The third-order valence-electron chi connectivity index (χ3n) is 2.54. The fourth-order valence-corrected chi connectivity index (χ4v) is 1.58. The number of benzene rings is 1. The van der Waals surface area contributed by atoms with E-state index in [9.17, 15) is 14.9 Å². The number of aromatic nitrogens is 1. The molecule has 7 nitrogen and oxygen atoms in total. The minimum absolute atomic E-state index is 0.0298. The van der Waals surface area contributed by atoms with E-state index in [4.69, 9.17) is 9.52 Å². The Morgan fingerprint density at radius 3 is 2.58 bits per heavy atom. The Balaban J connectivity index is 2.31. The van der Waals surface area contributed by atoms with Crippen LogP contribution in [0.3, 0.4) is 0 Å². The molecule has 0 atom stereocenters. The van der Waals surface area contributed by atoms with Crippen LogP contribution in [0.25, 0.3) is 11.5 Å². The van der Waals surface area contributed by atoms with Crippen LogP contribution in [0.5, 0.6) is 0 Å². The van der Waals surface area contributed by atoms with Crippen LogP contribution in [0.4, 0.5) is 5.69 Å². The molecule has 0 aliphatic rings. The average molecular weight is 262 g/mol. The second-order valence-electron chi connectivity index (χ2n) is 3.90. The molecule has 0 unspecified atom stereocenters. The van der Waals surface area contributed by atoms with Gasteiger partial charge >= 0.3 is 5.97 Å². The molecule has 1 heterocycles. The van der Waals surface area contributed by atoms with E-state index >= 15 is 0 Å². The van der Waals surface area contributed by atoms with Crippen LogP contribution >= 0.6 is 0 Å². The minimum Gasteiger partial charge on any atom is -0.481 e. The van der Waals surface area contributed by atoms with Gasteiger partial charge in [-0.2, -0.15) is 0 Å². The Labute approximate surface area is 107 Å². The van der Waals surface area contributed by atoms with Gasteiger partial charge in [0.25, 0.3) is 5.69 Å². The third kappa shape index (κ3) is 2.76. The highest BCUT2D eigenvalue weighted by Crippen LogP contribution is 2.24. The first kappa shape index (κ1) is 12.7. The number of aliphatic carboxylic acids is 1. The standard InChI is InChI=1S/C12H10N2O5/c1-7-10(6-11(15)16)13-12(19-7)8-2-4-9(5-3-8)14(17)18/h2-5H,6H2,1H3,(H,15,16). The van der Waals surface area contributed by atoms with Crippen molar-refractivity contribution in [2.75, 3.05) is 0 Å². The lowest BCUT2D eigenvalue weighted by Crippen LogP contribution is -2.01. The van der Waals surface area contributed by atoms with Crippen LogP contribution in [-0.4, -0.2) is 21.0 Å². The Hall–Kier alpha value is -2.70. The maximum absolute atomic E-state index is 10.6. The number of hydrogen-bond donors (Lipinski definition) is 1. The summed E-state index contributed by atoms with van der Waals surface area (Å²) in [6, 6.07) is 5.69. The highest BCUT2D eigenvalue weighted by Gasteiger charge is 2.14. The van der Waals surface area contributed by atoms with Crippen LogP contribution in [-0.2, 0) is 11.2 Å². The molecule has 1 N–H and O–H groups in total. The molecule has 0 bridgehead atoms. The number of carboxylic acid groups (broad SMARTS) is 1. The van der Waals surface area contributed by atoms with E-state index in [1.807, 2.05) is 0 Å². The molecule has 7 heteroatoms. The lowest BCUT2D eigenvalue weighted by atomic mass is 10.2. The number of aryl methyl sites for hydroxylation is 1. The third-order valence-corrected chi connectivity index (χ3v) is 2.54. The number of nitro benzene ring substituents is 1. The lowest BCUT2D eigenvalue weighted by molar-refractivity contribution is -0.384. The van der Waals surface area contributed by atoms with Crippen LogP contribution in [0.15, 0.2) is 28.7 Å². The molecule has 0 saturated carbocycles. The van der Waals surface area contributed by atoms with Crippen LogP contribution < -0.4 is 0 Å². The number of non-ortho nitro benzene ring substituents is 1. The highest BCUT2D eigenvalue weighted by atomic mass is 16.6. The van der Waals surface area contributed by atoms with Gasteiger partial charge in [0, 0.05) is 17.7 Å². The number of carbonyl (C=O) groups is 1. The number of hydrogen-bond acceptors (Lipinski definition) is 5. The van der Waals surface area contributed by atoms with Gasteiger partial charge in [-0.1, -0.05) is 0 Å². The van der Waals surface area contributed by atoms with Crippen molar-refractivity contribution in [2.24, 2.45) is 0 Å². The zero-order chi connectivity index (χ0) is 14.0. The number of nitrogens with zero attached hydrogens (tertiary/aromatic N) is 2. The molecule has 98 valence electrons. The molecular weight excluding hydrogens is 252 g/mol. The minimum atomic E-state index is -0.994. The number of oxazole rings is 1. The largest absolute Gasteiger partial charge is 0.481 e. The first-order valence-corrected chi connectivity index (χ1v) is 5.40. The summed E-state index contributed by atoms with van der Waals surface area (Å²) in [5, 5.41) is 19.2. The van der Waals surface area contributed by atoms with Gasteiger partial charge in [0.15, 0.2) is 0 Å². The second kappa shape index (κ2) is 4.89. The number of rotatable bonds is 4. The number of nitro groups is 1. The molecule has 0 fully saturated rings. The van der Waals surface area contributed by atoms with Crippen LogP contribution in [0, 0.1) is 17.0 Å². The molecule has 0 aliphatic heterocycles. The topological polar surface area (TPSA) is 106 Å². The van der Waals surface area contributed by atoms with Crippen molar-refractivity contribution in [1.82, 2.24) is 4.98 Å². The van der Waals surface area contributed by atoms with Crippen LogP contribution in [0.2, 0.25) is 0 Å². The summed E-state index contributed by atoms with van der Waals surface area (Å²) in [6.45, 7) is 1.63. The molecule has 19 heavy (non-hydrogen) atoms. The van der Waals surface area contributed by atoms with Crippen molar-refractivity contribution >= 4 is 11.7 Å². The molecule has 0 amide bonds. The van der Waals surface area contributed by atoms with E-state index in [-0.39, 0.29) is 18.0 Å². The molecular formula is C12H10N2O5. The molecule has 2 aromatic rings. The van der Waals surface area contributed by atoms with Crippen molar-refractivity contribution in [3.63, 3.8) is 0 Å². The molecule has 0 saturated heterocycles. The van der Waals surface area contributed by atoms with Gasteiger partial charge in [-0.15, -0.1) is 0 Å². The molecule has 1 aromatic heterocycles. The average Bonchev–Trinajstić information content (AvgIpc) is 2.70. The van der Waals surface area contributed by atoms with Crippen LogP contribution in [0.1, 0.15) is 11.5 Å². The zero-order valence-corrected chi connectivity index (χ0v) is 9.99. The van der Waals surface area contributed by atoms with Gasteiger partial charge in [0.1, 0.15) is 5.76 Å². The number of carboxylic acids is 1. The Morgan fingerprint density at radius 1 is 1.42 bits per heavy atom. The van der Waals surface area contributed by atoms with Gasteiger partial charge in [-0.05, 0) is 19.1 Å². The first-order chi connectivity index (χ1) is 8.97. The van der Waals surface area contributed by atoms with Gasteiger partial charge in [0.2, 0.25) is 5.89 Å². The smallest absolute Gasteiger partial charge is 0.309 e. The summed E-state index contributed by atoms with van der Waals surface area (Å²) in [7, 11) is 0. The highest BCUT2D eigenvalue weighted by molar-refractivity contribution is 5.70. The van der Waals surface area contributed by atoms with Crippen molar-refractivity contribution in [2.45, 2.75) is 13.3 Å². The van der Waals surface area contributed by atoms with Crippen molar-refractivity contribution in [3.05, 3.63) is 45.8 Å². The van der Waals surface area contributed by atoms with Crippen molar-refractivity contribution < 1.29 is 19.2 Å². The summed E-state index contributed by atoms with van der Waals surface area (Å²) in [4.78, 5) is 24.7. The normalized spacial score (nSPS) is 10.4. The van der Waals surface area contributed by atoms with E-state index in [2.05, 4.69) is 4.98 Å². The monoisotopic (exact) mass is 262 g/mol. The van der Waals surface area contributed by atoms with E-state index in [1.165, 1.54) is 24.3 Å². The summed E-state index contributed by atoms with van der Waals surface area (Å²) in [5.74, 6) is -0.314. The Bertz CT molecular complexity index is 630. The Morgan fingerprint density at radius 2 is 2.05 bits per heavy atom. The van der Waals surface area contributed by atoms with E-state index in [0.29, 0.717) is 17.0 Å². The molecule has 0 aliphatic carbocycles. The predicted octanol–water partition coefficient (Wildman–Crippen LogP) is 2.19. The molecule has 0 spiro atoms. The van der Waals surface area contributed by atoms with E-state index in [0.717, 1.165) is 0 Å². The Kier molecular flexibility index (Phi) is 3.28. The fourth-order valence-electron chi connectivity index (χ4n) is 1.58.